The third-order valence-electron chi connectivity index (χ3n) is 7.58. The van der Waals surface area contributed by atoms with E-state index in [0.29, 0.717) is 18.3 Å². The normalized spacial score (nSPS) is 19.6. The number of carbonyl (C=O) groups excluding carboxylic acids is 1. The van der Waals surface area contributed by atoms with Crippen LogP contribution < -0.4 is 4.74 Å². The highest BCUT2D eigenvalue weighted by Gasteiger charge is 2.32. The lowest BCUT2D eigenvalue weighted by Gasteiger charge is -2.36. The smallest absolute Gasteiger partial charge is 0.310 e. The van der Waals surface area contributed by atoms with E-state index in [1.165, 1.54) is 16.7 Å². The third-order valence-corrected chi connectivity index (χ3v) is 8.42. The van der Waals surface area contributed by atoms with Gasteiger partial charge in [-0.1, -0.05) is 43.7 Å². The molecule has 202 valence electrons. The highest BCUT2D eigenvalue weighted by atomic mass is 35.5. The summed E-state index contributed by atoms with van der Waals surface area (Å²) in [6, 6.07) is 12.5. The predicted octanol–water partition coefficient (Wildman–Crippen LogP) is 7.16. The van der Waals surface area contributed by atoms with E-state index in [4.69, 9.17) is 32.7 Å². The first kappa shape index (κ1) is 27.0. The third kappa shape index (κ3) is 5.73. The van der Waals surface area contributed by atoms with E-state index in [1.807, 2.05) is 19.1 Å². The fraction of sp³-hybridized carbons (Fsp3) is 0.467. The maximum Gasteiger partial charge on any atom is 0.310 e. The first-order chi connectivity index (χ1) is 18.3. The number of likely N-dealkylation sites (tertiary alicyclic amines) is 1. The summed E-state index contributed by atoms with van der Waals surface area (Å²) >= 11 is 13.2. The standard InChI is InChI=1S/C30H35Cl2N3O3/c1-4-37-30(36)23-6-5-13-35(17-23)29(32)22-8-7-20-15-24(11-9-19(20)14-22)38-27(18(2)3)21-10-12-26-25(16-21)28(31)34-33-26/h9-12,14-16,18,23,27,29H,4-8,13,17H2,1-3H3,(H,33,34). The predicted molar refractivity (Wildman–Crippen MR) is 153 cm³/mol. The van der Waals surface area contributed by atoms with Gasteiger partial charge in [-0.2, -0.15) is 5.10 Å². The summed E-state index contributed by atoms with van der Waals surface area (Å²) < 4.78 is 11.8. The summed E-state index contributed by atoms with van der Waals surface area (Å²) in [5.41, 5.74) is 5.40. The minimum absolute atomic E-state index is 0.0970. The van der Waals surface area contributed by atoms with E-state index >= 15 is 0 Å². The zero-order valence-corrected chi connectivity index (χ0v) is 23.7. The summed E-state index contributed by atoms with van der Waals surface area (Å²) in [7, 11) is 0. The second-order valence-electron chi connectivity index (χ2n) is 10.6. The molecule has 0 spiro atoms. The highest BCUT2D eigenvalue weighted by molar-refractivity contribution is 6.34. The number of carbonyl (C=O) groups is 1. The Morgan fingerprint density at radius 2 is 2.05 bits per heavy atom. The average molecular weight is 557 g/mol. The van der Waals surface area contributed by atoms with Gasteiger partial charge >= 0.3 is 5.97 Å². The second kappa shape index (κ2) is 11.7. The molecule has 38 heavy (non-hydrogen) atoms. The van der Waals surface area contributed by atoms with Crippen LogP contribution >= 0.6 is 23.2 Å². The molecule has 0 bridgehead atoms. The van der Waals surface area contributed by atoms with Gasteiger partial charge in [-0.05, 0) is 91.6 Å². The molecule has 1 aliphatic heterocycles. The van der Waals surface area contributed by atoms with E-state index in [9.17, 15) is 4.79 Å². The van der Waals surface area contributed by atoms with Crippen molar-refractivity contribution in [3.63, 3.8) is 0 Å². The molecule has 1 aromatic heterocycles. The van der Waals surface area contributed by atoms with Crippen molar-refractivity contribution in [1.29, 1.82) is 0 Å². The molecule has 3 aromatic rings. The lowest BCUT2D eigenvalue weighted by Crippen LogP contribution is -2.44. The van der Waals surface area contributed by atoms with Gasteiger partial charge in [0.1, 0.15) is 17.4 Å². The van der Waals surface area contributed by atoms with Crippen LogP contribution in [0.3, 0.4) is 0 Å². The molecule has 2 aromatic carbocycles. The van der Waals surface area contributed by atoms with Crippen LogP contribution in [0.15, 0.2) is 42.0 Å². The number of H-pyrrole nitrogens is 1. The second-order valence-corrected chi connectivity index (χ2v) is 11.4. The number of nitrogens with zero attached hydrogens (tertiary/aromatic N) is 2. The number of halogens is 2. The molecule has 0 radical (unpaired) electrons. The van der Waals surface area contributed by atoms with Crippen molar-refractivity contribution in [2.24, 2.45) is 11.8 Å². The number of piperidine rings is 1. The van der Waals surface area contributed by atoms with E-state index in [1.54, 1.807) is 0 Å². The largest absolute Gasteiger partial charge is 0.485 e. The van der Waals surface area contributed by atoms with Gasteiger partial charge in [0, 0.05) is 11.9 Å². The zero-order chi connectivity index (χ0) is 26.8. The number of aromatic amines is 1. The van der Waals surface area contributed by atoms with Crippen molar-refractivity contribution < 1.29 is 14.3 Å². The van der Waals surface area contributed by atoms with Gasteiger partial charge in [-0.3, -0.25) is 14.8 Å². The van der Waals surface area contributed by atoms with E-state index in [0.717, 1.165) is 54.4 Å². The number of aromatic nitrogens is 2. The van der Waals surface area contributed by atoms with Crippen molar-refractivity contribution >= 4 is 46.2 Å². The Kier molecular flexibility index (Phi) is 8.32. The lowest BCUT2D eigenvalue weighted by atomic mass is 9.90. The van der Waals surface area contributed by atoms with Gasteiger partial charge in [0.2, 0.25) is 0 Å². The molecule has 2 heterocycles. The summed E-state index contributed by atoms with van der Waals surface area (Å²) in [5, 5.41) is 8.43. The van der Waals surface area contributed by atoms with Crippen LogP contribution in [-0.2, 0) is 16.0 Å². The minimum atomic E-state index is -0.216. The van der Waals surface area contributed by atoms with Crippen molar-refractivity contribution in [3.8, 4) is 5.75 Å². The fourth-order valence-electron chi connectivity index (χ4n) is 5.56. The van der Waals surface area contributed by atoms with Crippen molar-refractivity contribution in [2.45, 2.75) is 58.1 Å². The molecule has 1 saturated heterocycles. The number of nitrogens with one attached hydrogen (secondary N) is 1. The first-order valence-electron chi connectivity index (χ1n) is 13.5. The van der Waals surface area contributed by atoms with Gasteiger partial charge in [0.05, 0.1) is 18.0 Å². The lowest BCUT2D eigenvalue weighted by molar-refractivity contribution is -0.149. The maximum absolute atomic E-state index is 12.3. The summed E-state index contributed by atoms with van der Waals surface area (Å²) in [6.45, 7) is 8.13. The quantitative estimate of drug-likeness (QED) is 0.181. The molecule has 1 aliphatic carbocycles. The van der Waals surface area contributed by atoms with Crippen LogP contribution in [0.25, 0.3) is 17.0 Å². The van der Waals surface area contributed by atoms with Crippen molar-refractivity contribution in [1.82, 2.24) is 15.1 Å². The molecule has 5 rings (SSSR count). The molecule has 1 N–H and O–H groups in total. The van der Waals surface area contributed by atoms with Gasteiger partial charge in [-0.25, -0.2) is 0 Å². The molecule has 0 amide bonds. The summed E-state index contributed by atoms with van der Waals surface area (Å²) in [4.78, 5) is 14.5. The summed E-state index contributed by atoms with van der Waals surface area (Å²) in [6.07, 6.45) is 5.70. The van der Waals surface area contributed by atoms with Crippen molar-refractivity contribution in [2.75, 3.05) is 19.7 Å². The van der Waals surface area contributed by atoms with Gasteiger partial charge in [0.15, 0.2) is 5.15 Å². The number of benzene rings is 2. The first-order valence-corrected chi connectivity index (χ1v) is 14.3. The molecule has 3 atom stereocenters. The molecular formula is C30H35Cl2N3O3. The fourth-order valence-corrected chi connectivity index (χ4v) is 6.11. The number of hydrogen-bond acceptors (Lipinski definition) is 5. The van der Waals surface area contributed by atoms with Gasteiger partial charge < -0.3 is 9.47 Å². The van der Waals surface area contributed by atoms with Crippen LogP contribution in [0, 0.1) is 11.8 Å². The van der Waals surface area contributed by atoms with Crippen LogP contribution in [0.2, 0.25) is 5.15 Å². The molecular weight excluding hydrogens is 521 g/mol. The number of esters is 1. The van der Waals surface area contributed by atoms with Crippen LogP contribution in [-0.4, -0.2) is 46.3 Å². The Balaban J connectivity index is 1.30. The minimum Gasteiger partial charge on any atom is -0.485 e. The Morgan fingerprint density at radius 3 is 2.84 bits per heavy atom. The van der Waals surface area contributed by atoms with Crippen molar-refractivity contribution in [3.05, 3.63) is 63.8 Å². The Hall–Kier alpha value is -2.54. The number of aryl methyl sites for hydroxylation is 1. The van der Waals surface area contributed by atoms with E-state index in [2.05, 4.69) is 59.3 Å². The Labute approximate surface area is 234 Å². The van der Waals surface area contributed by atoms with E-state index in [-0.39, 0.29) is 29.4 Å². The SMILES string of the molecule is CCOC(=O)C1CCCN(C(Cl)C2=Cc3ccc(OC(c4ccc5[nH]nc(Cl)c5c4)C(C)C)cc3CC2)C1. The molecule has 6 nitrogen and oxygen atoms in total. The topological polar surface area (TPSA) is 67.4 Å². The van der Waals surface area contributed by atoms with Crippen LogP contribution in [0.4, 0.5) is 0 Å². The Morgan fingerprint density at radius 1 is 1.21 bits per heavy atom. The average Bonchev–Trinajstić information content (AvgIpc) is 3.30. The number of ether oxygens (including phenoxy) is 2. The molecule has 3 unspecified atom stereocenters. The van der Waals surface area contributed by atoms with Crippen LogP contribution in [0.5, 0.6) is 5.75 Å². The number of rotatable bonds is 8. The Bertz CT molecular complexity index is 1340. The monoisotopic (exact) mass is 555 g/mol. The van der Waals surface area contributed by atoms with Gasteiger partial charge in [-0.15, -0.1) is 11.6 Å². The summed E-state index contributed by atoms with van der Waals surface area (Å²) in [5.74, 6) is 0.915. The number of alkyl halides is 1. The number of fused-ring (bicyclic) bond motifs is 2. The molecule has 2 aliphatic rings. The molecule has 0 saturated carbocycles. The van der Waals surface area contributed by atoms with Gasteiger partial charge in [0.25, 0.3) is 0 Å². The maximum atomic E-state index is 12.3. The van der Waals surface area contributed by atoms with E-state index < -0.39 is 0 Å². The number of hydrogen-bond donors (Lipinski definition) is 1. The van der Waals surface area contributed by atoms with Crippen LogP contribution in [0.1, 0.15) is 62.8 Å². The molecule has 8 heteroatoms. The molecule has 1 fully saturated rings. The zero-order valence-electron chi connectivity index (χ0n) is 22.2. The highest BCUT2D eigenvalue weighted by Crippen LogP contribution is 2.36.